The molecule has 0 saturated carbocycles. The Labute approximate surface area is 160 Å². The molecular formula is C21H25N3OS. The zero-order valence-corrected chi connectivity index (χ0v) is 15.9. The molecule has 0 bridgehead atoms. The number of amides is 1. The number of hydrogen-bond donors (Lipinski definition) is 2. The van der Waals surface area contributed by atoms with E-state index in [0.717, 1.165) is 35.9 Å². The molecule has 2 aromatic rings. The molecule has 2 N–H and O–H groups in total. The number of benzene rings is 2. The van der Waals surface area contributed by atoms with Gasteiger partial charge < -0.3 is 15.5 Å². The van der Waals surface area contributed by atoms with Crippen LogP contribution in [0.15, 0.2) is 54.6 Å². The van der Waals surface area contributed by atoms with Gasteiger partial charge in [0.25, 0.3) is 0 Å². The molecule has 0 atom stereocenters. The predicted molar refractivity (Wildman–Crippen MR) is 112 cm³/mol. The summed E-state index contributed by atoms with van der Waals surface area (Å²) in [6.07, 6.45) is 2.72. The lowest BCUT2D eigenvalue weighted by atomic mass is 9.98. The zero-order chi connectivity index (χ0) is 18.4. The minimum atomic E-state index is -0.113. The summed E-state index contributed by atoms with van der Waals surface area (Å²) in [5, 5.41) is 6.31. The van der Waals surface area contributed by atoms with Crippen LogP contribution >= 0.6 is 12.2 Å². The molecule has 2 aromatic carbocycles. The van der Waals surface area contributed by atoms with Gasteiger partial charge in [-0.2, -0.15) is 0 Å². The Morgan fingerprint density at radius 1 is 1.08 bits per heavy atom. The van der Waals surface area contributed by atoms with Crippen LogP contribution in [0.4, 0.5) is 11.4 Å². The first-order valence-electron chi connectivity index (χ1n) is 9.10. The van der Waals surface area contributed by atoms with E-state index in [1.807, 2.05) is 48.5 Å². The first-order chi connectivity index (χ1) is 12.6. The molecule has 26 heavy (non-hydrogen) atoms. The molecule has 1 aliphatic heterocycles. The summed E-state index contributed by atoms with van der Waals surface area (Å²) >= 11 is 5.35. The molecular weight excluding hydrogens is 342 g/mol. The predicted octanol–water partition coefficient (Wildman–Crippen LogP) is 3.98. The summed E-state index contributed by atoms with van der Waals surface area (Å²) < 4.78 is 0. The van der Waals surface area contributed by atoms with E-state index in [-0.39, 0.29) is 5.91 Å². The Morgan fingerprint density at radius 3 is 2.46 bits per heavy atom. The first kappa shape index (κ1) is 18.4. The van der Waals surface area contributed by atoms with E-state index >= 15 is 0 Å². The van der Waals surface area contributed by atoms with Gasteiger partial charge in [0, 0.05) is 13.1 Å². The zero-order valence-electron chi connectivity index (χ0n) is 15.1. The highest BCUT2D eigenvalue weighted by molar-refractivity contribution is 7.80. The topological polar surface area (TPSA) is 44.4 Å². The second kappa shape index (κ2) is 8.81. The molecule has 1 fully saturated rings. The summed E-state index contributed by atoms with van der Waals surface area (Å²) in [5.41, 5.74) is 3.04. The fourth-order valence-electron chi connectivity index (χ4n) is 3.21. The van der Waals surface area contributed by atoms with Gasteiger partial charge in [0.05, 0.1) is 17.8 Å². The van der Waals surface area contributed by atoms with Crippen molar-refractivity contribution in [2.75, 3.05) is 23.3 Å². The van der Waals surface area contributed by atoms with E-state index in [4.69, 9.17) is 12.2 Å². The van der Waals surface area contributed by atoms with Gasteiger partial charge in [-0.3, -0.25) is 4.79 Å². The SMILES string of the molecule is CC1CCN(c2ccccc2NC(=S)NC(=O)Cc2ccccc2)CC1. The molecule has 1 saturated heterocycles. The molecule has 0 radical (unpaired) electrons. The normalized spacial score (nSPS) is 14.7. The van der Waals surface area contributed by atoms with Crippen molar-refractivity contribution < 1.29 is 4.79 Å². The van der Waals surface area contributed by atoms with Gasteiger partial charge in [-0.25, -0.2) is 0 Å². The Morgan fingerprint density at radius 2 is 1.73 bits per heavy atom. The number of para-hydroxylation sites is 2. The van der Waals surface area contributed by atoms with Crippen LogP contribution in [0, 0.1) is 5.92 Å². The van der Waals surface area contributed by atoms with Crippen LogP contribution < -0.4 is 15.5 Å². The van der Waals surface area contributed by atoms with Crippen molar-refractivity contribution in [3.05, 3.63) is 60.2 Å². The Bertz CT molecular complexity index is 755. The average molecular weight is 368 g/mol. The Balaban J connectivity index is 1.60. The van der Waals surface area contributed by atoms with E-state index in [2.05, 4.69) is 28.5 Å². The lowest BCUT2D eigenvalue weighted by Gasteiger charge is -2.33. The summed E-state index contributed by atoms with van der Waals surface area (Å²) in [4.78, 5) is 14.6. The van der Waals surface area contributed by atoms with Crippen molar-refractivity contribution in [3.8, 4) is 0 Å². The van der Waals surface area contributed by atoms with E-state index < -0.39 is 0 Å². The van der Waals surface area contributed by atoms with Crippen LogP contribution in [0.5, 0.6) is 0 Å². The van der Waals surface area contributed by atoms with E-state index in [0.29, 0.717) is 11.5 Å². The van der Waals surface area contributed by atoms with Crippen LogP contribution in [0.3, 0.4) is 0 Å². The van der Waals surface area contributed by atoms with Gasteiger partial charge in [-0.15, -0.1) is 0 Å². The highest BCUT2D eigenvalue weighted by atomic mass is 32.1. The standard InChI is InChI=1S/C21H25N3OS/c1-16-11-13-24(14-12-16)19-10-6-5-9-18(19)22-21(26)23-20(25)15-17-7-3-2-4-8-17/h2-10,16H,11-15H2,1H3,(H2,22,23,25,26). The minimum Gasteiger partial charge on any atom is -0.370 e. The molecule has 4 nitrogen and oxygen atoms in total. The van der Waals surface area contributed by atoms with Gasteiger partial charge in [0.15, 0.2) is 5.11 Å². The number of nitrogens with zero attached hydrogens (tertiary/aromatic N) is 1. The average Bonchev–Trinajstić information content (AvgIpc) is 2.63. The fourth-order valence-corrected chi connectivity index (χ4v) is 3.43. The van der Waals surface area contributed by atoms with Crippen LogP contribution in [-0.4, -0.2) is 24.1 Å². The van der Waals surface area contributed by atoms with Crippen LogP contribution in [-0.2, 0) is 11.2 Å². The monoisotopic (exact) mass is 367 g/mol. The summed E-state index contributed by atoms with van der Waals surface area (Å²) in [6.45, 7) is 4.40. The maximum absolute atomic E-state index is 12.2. The van der Waals surface area contributed by atoms with Crippen molar-refractivity contribution in [2.45, 2.75) is 26.2 Å². The molecule has 1 heterocycles. The number of piperidine rings is 1. The van der Waals surface area contributed by atoms with Crippen molar-refractivity contribution in [1.29, 1.82) is 0 Å². The molecule has 136 valence electrons. The molecule has 3 rings (SSSR count). The van der Waals surface area contributed by atoms with E-state index in [1.54, 1.807) is 0 Å². The molecule has 1 amide bonds. The molecule has 1 aliphatic rings. The van der Waals surface area contributed by atoms with Crippen LogP contribution in [0.25, 0.3) is 0 Å². The Kier molecular flexibility index (Phi) is 6.23. The summed E-state index contributed by atoms with van der Waals surface area (Å²) in [5.74, 6) is 0.669. The number of nitrogens with one attached hydrogen (secondary N) is 2. The second-order valence-corrected chi connectivity index (χ2v) is 7.26. The molecule has 0 spiro atoms. The smallest absolute Gasteiger partial charge is 0.230 e. The van der Waals surface area contributed by atoms with E-state index in [1.165, 1.54) is 12.8 Å². The van der Waals surface area contributed by atoms with Gasteiger partial charge in [0.2, 0.25) is 5.91 Å². The summed E-state index contributed by atoms with van der Waals surface area (Å²) in [6, 6.07) is 17.8. The van der Waals surface area contributed by atoms with Gasteiger partial charge in [-0.1, -0.05) is 49.4 Å². The number of hydrogen-bond acceptors (Lipinski definition) is 3. The Hall–Kier alpha value is -2.40. The number of carbonyl (C=O) groups is 1. The first-order valence-corrected chi connectivity index (χ1v) is 9.51. The highest BCUT2D eigenvalue weighted by Crippen LogP contribution is 2.29. The van der Waals surface area contributed by atoms with Gasteiger partial charge in [0.1, 0.15) is 0 Å². The van der Waals surface area contributed by atoms with Gasteiger partial charge >= 0.3 is 0 Å². The highest BCUT2D eigenvalue weighted by Gasteiger charge is 2.18. The maximum Gasteiger partial charge on any atom is 0.230 e. The summed E-state index contributed by atoms with van der Waals surface area (Å²) in [7, 11) is 0. The molecule has 5 heteroatoms. The second-order valence-electron chi connectivity index (χ2n) is 6.85. The molecule has 0 unspecified atom stereocenters. The van der Waals surface area contributed by atoms with Gasteiger partial charge in [-0.05, 0) is 48.7 Å². The third-order valence-electron chi connectivity index (χ3n) is 4.74. The van der Waals surface area contributed by atoms with E-state index in [9.17, 15) is 4.79 Å². The number of rotatable bonds is 4. The number of thiocarbonyl (C=S) groups is 1. The van der Waals surface area contributed by atoms with Crippen molar-refractivity contribution in [1.82, 2.24) is 5.32 Å². The number of carbonyl (C=O) groups excluding carboxylic acids is 1. The van der Waals surface area contributed by atoms with Crippen LogP contribution in [0.2, 0.25) is 0 Å². The number of anilines is 2. The van der Waals surface area contributed by atoms with Crippen molar-refractivity contribution in [2.24, 2.45) is 5.92 Å². The molecule has 0 aromatic heterocycles. The fraction of sp³-hybridized carbons (Fsp3) is 0.333. The third-order valence-corrected chi connectivity index (χ3v) is 4.94. The quantitative estimate of drug-likeness (QED) is 0.803. The lowest BCUT2D eigenvalue weighted by Crippen LogP contribution is -2.37. The van der Waals surface area contributed by atoms with Crippen molar-refractivity contribution >= 4 is 34.6 Å². The third kappa shape index (κ3) is 5.05. The molecule has 0 aliphatic carbocycles. The lowest BCUT2D eigenvalue weighted by molar-refractivity contribution is -0.119. The van der Waals surface area contributed by atoms with Crippen LogP contribution in [0.1, 0.15) is 25.3 Å². The largest absolute Gasteiger partial charge is 0.370 e. The van der Waals surface area contributed by atoms with Crippen molar-refractivity contribution in [3.63, 3.8) is 0 Å². The maximum atomic E-state index is 12.2. The minimum absolute atomic E-state index is 0.113.